The smallest absolute Gasteiger partial charge is 0.209 e. The van der Waals surface area contributed by atoms with Crippen LogP contribution in [-0.2, 0) is 13.5 Å². The van der Waals surface area contributed by atoms with Crippen LogP contribution in [0.5, 0.6) is 0 Å². The van der Waals surface area contributed by atoms with Crippen LogP contribution in [0, 0.1) is 18.6 Å². The lowest BCUT2D eigenvalue weighted by molar-refractivity contribution is 0.103. The van der Waals surface area contributed by atoms with Crippen molar-refractivity contribution in [3.05, 3.63) is 94.3 Å². The molecule has 0 saturated carbocycles. The van der Waals surface area contributed by atoms with Crippen molar-refractivity contribution in [1.82, 2.24) is 4.57 Å². The van der Waals surface area contributed by atoms with Crippen molar-refractivity contribution < 1.29 is 13.6 Å². The molecule has 0 fully saturated rings. The molecule has 0 amide bonds. The van der Waals surface area contributed by atoms with Gasteiger partial charge in [0, 0.05) is 30.3 Å². The minimum absolute atomic E-state index is 0.0109. The van der Waals surface area contributed by atoms with E-state index in [-0.39, 0.29) is 17.8 Å². The first kappa shape index (κ1) is 16.1. The molecule has 1 aromatic heterocycles. The Hall–Kier alpha value is -2.75. The molecule has 0 radical (unpaired) electrons. The summed E-state index contributed by atoms with van der Waals surface area (Å²) in [6, 6.07) is 14.6. The predicted molar refractivity (Wildman–Crippen MR) is 89.2 cm³/mol. The summed E-state index contributed by atoms with van der Waals surface area (Å²) in [7, 11) is 1.75. The second-order valence-corrected chi connectivity index (χ2v) is 5.80. The van der Waals surface area contributed by atoms with Crippen molar-refractivity contribution in [2.75, 3.05) is 0 Å². The van der Waals surface area contributed by atoms with Crippen LogP contribution in [0.2, 0.25) is 0 Å². The molecular weight excluding hydrogens is 308 g/mol. The summed E-state index contributed by atoms with van der Waals surface area (Å²) in [6.45, 7) is 1.83. The van der Waals surface area contributed by atoms with Gasteiger partial charge in [-0.15, -0.1) is 0 Å². The zero-order valence-electron chi connectivity index (χ0n) is 13.5. The number of ketones is 1. The van der Waals surface area contributed by atoms with Gasteiger partial charge in [-0.05, 0) is 30.7 Å². The molecular formula is C20H17F2NO. The molecule has 2 nitrogen and oxygen atoms in total. The molecule has 0 aliphatic rings. The van der Waals surface area contributed by atoms with Gasteiger partial charge < -0.3 is 4.57 Å². The van der Waals surface area contributed by atoms with Crippen LogP contribution >= 0.6 is 0 Å². The van der Waals surface area contributed by atoms with Crippen LogP contribution in [0.3, 0.4) is 0 Å². The van der Waals surface area contributed by atoms with Crippen LogP contribution in [-0.4, -0.2) is 10.4 Å². The Morgan fingerprint density at radius 3 is 2.25 bits per heavy atom. The highest BCUT2D eigenvalue weighted by Gasteiger charge is 2.20. The predicted octanol–water partition coefficient (Wildman–Crippen LogP) is 4.43. The van der Waals surface area contributed by atoms with E-state index in [1.807, 2.05) is 19.1 Å². The van der Waals surface area contributed by atoms with Crippen LogP contribution in [0.25, 0.3) is 0 Å². The maximum atomic E-state index is 13.9. The normalized spacial score (nSPS) is 10.8. The number of aromatic nitrogens is 1. The Morgan fingerprint density at radius 1 is 1.00 bits per heavy atom. The zero-order valence-corrected chi connectivity index (χ0v) is 13.5. The van der Waals surface area contributed by atoms with Crippen LogP contribution < -0.4 is 0 Å². The first-order valence-corrected chi connectivity index (χ1v) is 7.67. The molecule has 3 rings (SSSR count). The number of nitrogens with zero attached hydrogens (tertiary/aromatic N) is 1. The van der Waals surface area contributed by atoms with E-state index in [0.717, 1.165) is 5.56 Å². The number of benzene rings is 2. The van der Waals surface area contributed by atoms with E-state index in [9.17, 15) is 13.6 Å². The second kappa shape index (κ2) is 6.40. The van der Waals surface area contributed by atoms with E-state index in [2.05, 4.69) is 0 Å². The molecule has 122 valence electrons. The number of aryl methyl sites for hydroxylation is 1. The van der Waals surface area contributed by atoms with Crippen molar-refractivity contribution in [3.8, 4) is 0 Å². The van der Waals surface area contributed by atoms with Crippen molar-refractivity contribution >= 4 is 5.78 Å². The van der Waals surface area contributed by atoms with E-state index in [1.54, 1.807) is 35.9 Å². The monoisotopic (exact) mass is 325 g/mol. The summed E-state index contributed by atoms with van der Waals surface area (Å²) in [4.78, 5) is 12.7. The molecule has 0 bridgehead atoms. The summed E-state index contributed by atoms with van der Waals surface area (Å²) < 4.78 is 29.5. The number of carbonyl (C=O) groups excluding carboxylic acids is 1. The fourth-order valence-electron chi connectivity index (χ4n) is 2.93. The molecule has 0 atom stereocenters. The van der Waals surface area contributed by atoms with E-state index in [4.69, 9.17) is 0 Å². The quantitative estimate of drug-likeness (QED) is 0.650. The van der Waals surface area contributed by atoms with Crippen LogP contribution in [0.15, 0.2) is 54.6 Å². The average Bonchev–Trinajstić information content (AvgIpc) is 2.85. The van der Waals surface area contributed by atoms with Gasteiger partial charge in [0.1, 0.15) is 11.6 Å². The first-order chi connectivity index (χ1) is 11.5. The highest BCUT2D eigenvalue weighted by atomic mass is 19.1. The van der Waals surface area contributed by atoms with Crippen molar-refractivity contribution in [3.63, 3.8) is 0 Å². The van der Waals surface area contributed by atoms with E-state index < -0.39 is 11.6 Å². The summed E-state index contributed by atoms with van der Waals surface area (Å²) in [6.07, 6.45) is 0.0952. The largest absolute Gasteiger partial charge is 0.344 e. The van der Waals surface area contributed by atoms with Gasteiger partial charge >= 0.3 is 0 Å². The molecule has 3 aromatic rings. The van der Waals surface area contributed by atoms with E-state index >= 15 is 0 Å². The van der Waals surface area contributed by atoms with Gasteiger partial charge in [-0.25, -0.2) is 8.78 Å². The molecule has 0 N–H and O–H groups in total. The molecule has 0 aliphatic carbocycles. The van der Waals surface area contributed by atoms with Gasteiger partial charge in [0.05, 0.1) is 5.69 Å². The summed E-state index contributed by atoms with van der Waals surface area (Å²) in [5.74, 6) is -1.26. The maximum absolute atomic E-state index is 13.9. The fraction of sp³-hybridized carbons (Fsp3) is 0.150. The Labute approximate surface area is 139 Å². The Morgan fingerprint density at radius 2 is 1.62 bits per heavy atom. The SMILES string of the molecule is Cc1cc(Cc2c(F)cccc2F)n(C)c1C(=O)c1ccccc1. The molecule has 0 aliphatic heterocycles. The van der Waals surface area contributed by atoms with Crippen LogP contribution in [0.1, 0.15) is 32.9 Å². The molecule has 1 heterocycles. The van der Waals surface area contributed by atoms with Gasteiger partial charge in [-0.1, -0.05) is 36.4 Å². The van der Waals surface area contributed by atoms with E-state index in [0.29, 0.717) is 17.0 Å². The highest BCUT2D eigenvalue weighted by molar-refractivity contribution is 6.09. The molecule has 0 unspecified atom stereocenters. The Kier molecular flexibility index (Phi) is 4.30. The number of rotatable bonds is 4. The fourth-order valence-corrected chi connectivity index (χ4v) is 2.93. The third kappa shape index (κ3) is 2.87. The second-order valence-electron chi connectivity index (χ2n) is 5.80. The maximum Gasteiger partial charge on any atom is 0.209 e. The van der Waals surface area contributed by atoms with Gasteiger partial charge in [-0.3, -0.25) is 4.79 Å². The van der Waals surface area contributed by atoms with E-state index in [1.165, 1.54) is 18.2 Å². The van der Waals surface area contributed by atoms with Crippen molar-refractivity contribution in [2.45, 2.75) is 13.3 Å². The lowest BCUT2D eigenvalue weighted by atomic mass is 10.1. The zero-order chi connectivity index (χ0) is 17.3. The van der Waals surface area contributed by atoms with Gasteiger partial charge in [0.2, 0.25) is 5.78 Å². The molecule has 4 heteroatoms. The average molecular weight is 325 g/mol. The molecule has 2 aromatic carbocycles. The third-order valence-electron chi connectivity index (χ3n) is 4.19. The molecule has 24 heavy (non-hydrogen) atoms. The van der Waals surface area contributed by atoms with Gasteiger partial charge in [0.15, 0.2) is 0 Å². The standard InChI is InChI=1S/C20H17F2NO/c1-13-11-15(12-16-17(21)9-6-10-18(16)22)23(2)19(13)20(24)14-7-4-3-5-8-14/h3-11H,12H2,1-2H3. The third-order valence-corrected chi connectivity index (χ3v) is 4.19. The van der Waals surface area contributed by atoms with Gasteiger partial charge in [-0.2, -0.15) is 0 Å². The summed E-state index contributed by atoms with van der Waals surface area (Å²) >= 11 is 0. The first-order valence-electron chi connectivity index (χ1n) is 7.67. The Bertz CT molecular complexity index is 877. The number of hydrogen-bond acceptors (Lipinski definition) is 1. The lowest BCUT2D eigenvalue weighted by Gasteiger charge is -2.09. The Balaban J connectivity index is 2.00. The van der Waals surface area contributed by atoms with Gasteiger partial charge in [0.25, 0.3) is 0 Å². The highest BCUT2D eigenvalue weighted by Crippen LogP contribution is 2.22. The lowest BCUT2D eigenvalue weighted by Crippen LogP contribution is -2.11. The topological polar surface area (TPSA) is 22.0 Å². The van der Waals surface area contributed by atoms with Crippen LogP contribution in [0.4, 0.5) is 8.78 Å². The van der Waals surface area contributed by atoms with Crippen molar-refractivity contribution in [2.24, 2.45) is 7.05 Å². The molecule has 0 saturated heterocycles. The number of carbonyl (C=O) groups is 1. The minimum atomic E-state index is -0.579. The summed E-state index contributed by atoms with van der Waals surface area (Å²) in [5, 5.41) is 0. The molecule has 0 spiro atoms. The van der Waals surface area contributed by atoms with Crippen molar-refractivity contribution in [1.29, 1.82) is 0 Å². The number of halogens is 2. The number of hydrogen-bond donors (Lipinski definition) is 0. The minimum Gasteiger partial charge on any atom is -0.344 e. The summed E-state index contributed by atoms with van der Waals surface area (Å²) in [5.41, 5.74) is 2.61.